The lowest BCUT2D eigenvalue weighted by molar-refractivity contribution is 0.325. The summed E-state index contributed by atoms with van der Waals surface area (Å²) in [7, 11) is 2.29. The minimum absolute atomic E-state index is 0.529. The molecular formula is C18H27NS2. The largest absolute Gasteiger partial charge is 0.306 e. The Morgan fingerprint density at radius 3 is 2.24 bits per heavy atom. The molecule has 0 atom stereocenters. The third-order valence-electron chi connectivity index (χ3n) is 4.77. The molecule has 0 aliphatic carbocycles. The standard InChI is InChI=1S/C18H27NS2/c1-19-12-9-17-7-5-16(6-8-17)4-2-3-10-18(11-13-19)20-14-15-21-18/h5-8H,2-4,9-15H2,1H3. The molecule has 116 valence electrons. The number of hydrogen-bond acceptors (Lipinski definition) is 3. The van der Waals surface area contributed by atoms with Crippen LogP contribution in [0.25, 0.3) is 0 Å². The molecule has 3 heteroatoms. The summed E-state index contributed by atoms with van der Waals surface area (Å²) in [5.74, 6) is 2.71. The third-order valence-corrected chi connectivity index (χ3v) is 8.42. The molecule has 3 aliphatic rings. The summed E-state index contributed by atoms with van der Waals surface area (Å²) in [6.45, 7) is 2.43. The molecule has 21 heavy (non-hydrogen) atoms. The Kier molecular flexibility index (Phi) is 5.58. The SMILES string of the molecule is CN1CCc2ccc(cc2)CCCCC2(CC1)SCCS2. The van der Waals surface area contributed by atoms with E-state index in [9.17, 15) is 0 Å². The van der Waals surface area contributed by atoms with Crippen LogP contribution in [0.1, 0.15) is 36.8 Å². The molecule has 1 spiro atoms. The first-order valence-electron chi connectivity index (χ1n) is 8.30. The predicted molar refractivity (Wildman–Crippen MR) is 97.5 cm³/mol. The maximum atomic E-state index is 2.53. The van der Waals surface area contributed by atoms with E-state index in [-0.39, 0.29) is 0 Å². The Labute approximate surface area is 138 Å². The smallest absolute Gasteiger partial charge is 0.0623 e. The second-order valence-electron chi connectivity index (χ2n) is 6.43. The Bertz CT molecular complexity index is 437. The highest BCUT2D eigenvalue weighted by molar-refractivity contribution is 8.21. The first-order valence-corrected chi connectivity index (χ1v) is 10.3. The van der Waals surface area contributed by atoms with E-state index in [4.69, 9.17) is 0 Å². The molecule has 0 unspecified atom stereocenters. The van der Waals surface area contributed by atoms with Crippen LogP contribution in [0.5, 0.6) is 0 Å². The highest BCUT2D eigenvalue weighted by Crippen LogP contribution is 2.49. The van der Waals surface area contributed by atoms with Gasteiger partial charge in [-0.1, -0.05) is 30.7 Å². The second kappa shape index (κ2) is 7.43. The molecule has 1 saturated heterocycles. The van der Waals surface area contributed by atoms with Gasteiger partial charge < -0.3 is 4.90 Å². The van der Waals surface area contributed by atoms with E-state index in [0.29, 0.717) is 4.08 Å². The van der Waals surface area contributed by atoms with Gasteiger partial charge in [-0.15, -0.1) is 23.5 Å². The fourth-order valence-electron chi connectivity index (χ4n) is 3.30. The normalized spacial score (nSPS) is 24.2. The molecule has 0 amide bonds. The first kappa shape index (κ1) is 15.8. The van der Waals surface area contributed by atoms with Crippen molar-refractivity contribution in [1.29, 1.82) is 0 Å². The Hall–Kier alpha value is -0.120. The lowest BCUT2D eigenvalue weighted by atomic mass is 10.0. The quantitative estimate of drug-likeness (QED) is 0.695. The zero-order valence-electron chi connectivity index (χ0n) is 13.1. The molecule has 0 aromatic heterocycles. The minimum Gasteiger partial charge on any atom is -0.306 e. The zero-order chi connectivity index (χ0) is 14.5. The number of fused-ring (bicyclic) bond motifs is 9. The van der Waals surface area contributed by atoms with Crippen LogP contribution >= 0.6 is 23.5 Å². The number of thioether (sulfide) groups is 2. The molecule has 1 fully saturated rings. The van der Waals surface area contributed by atoms with E-state index in [1.807, 2.05) is 0 Å². The van der Waals surface area contributed by atoms with E-state index < -0.39 is 0 Å². The van der Waals surface area contributed by atoms with E-state index in [2.05, 4.69) is 59.7 Å². The molecule has 3 aliphatic heterocycles. The van der Waals surface area contributed by atoms with Gasteiger partial charge in [-0.25, -0.2) is 0 Å². The van der Waals surface area contributed by atoms with Crippen molar-refractivity contribution >= 4 is 23.5 Å². The van der Waals surface area contributed by atoms with Crippen LogP contribution in [-0.4, -0.2) is 40.6 Å². The van der Waals surface area contributed by atoms with Crippen LogP contribution in [0, 0.1) is 0 Å². The maximum Gasteiger partial charge on any atom is 0.0623 e. The number of likely N-dealkylation sites (N-methyl/N-ethyl adjacent to an activating group) is 1. The summed E-state index contributed by atoms with van der Waals surface area (Å²) in [6, 6.07) is 9.35. The lowest BCUT2D eigenvalue weighted by Crippen LogP contribution is -2.29. The average Bonchev–Trinajstić information content (AvgIpc) is 2.97. The Balaban J connectivity index is 1.68. The van der Waals surface area contributed by atoms with Gasteiger partial charge in [-0.3, -0.25) is 0 Å². The van der Waals surface area contributed by atoms with Gasteiger partial charge in [0.05, 0.1) is 4.08 Å². The van der Waals surface area contributed by atoms with Gasteiger partial charge in [0.25, 0.3) is 0 Å². The van der Waals surface area contributed by atoms with E-state index >= 15 is 0 Å². The van der Waals surface area contributed by atoms with Crippen molar-refractivity contribution in [2.24, 2.45) is 0 Å². The Morgan fingerprint density at radius 1 is 0.857 bits per heavy atom. The molecule has 3 heterocycles. The topological polar surface area (TPSA) is 3.24 Å². The molecule has 0 radical (unpaired) electrons. The van der Waals surface area contributed by atoms with Crippen LogP contribution in [-0.2, 0) is 12.8 Å². The maximum absolute atomic E-state index is 2.53. The van der Waals surface area contributed by atoms with E-state index in [0.717, 1.165) is 0 Å². The highest BCUT2D eigenvalue weighted by Gasteiger charge is 2.34. The molecule has 0 N–H and O–H groups in total. The third kappa shape index (κ3) is 4.43. The highest BCUT2D eigenvalue weighted by atomic mass is 32.2. The molecule has 1 aromatic rings. The minimum atomic E-state index is 0.529. The first-order chi connectivity index (χ1) is 10.3. The van der Waals surface area contributed by atoms with Gasteiger partial charge in [0.2, 0.25) is 0 Å². The number of benzene rings is 1. The van der Waals surface area contributed by atoms with Crippen molar-refractivity contribution in [3.05, 3.63) is 35.4 Å². The van der Waals surface area contributed by atoms with E-state index in [1.54, 1.807) is 0 Å². The average molecular weight is 322 g/mol. The summed E-state index contributed by atoms with van der Waals surface area (Å²) in [6.07, 6.45) is 7.92. The molecule has 2 bridgehead atoms. The van der Waals surface area contributed by atoms with Crippen LogP contribution in [0.2, 0.25) is 0 Å². The van der Waals surface area contributed by atoms with Crippen LogP contribution in [0.15, 0.2) is 24.3 Å². The predicted octanol–water partition coefficient (Wildman–Crippen LogP) is 4.45. The van der Waals surface area contributed by atoms with Gasteiger partial charge in [-0.05, 0) is 56.8 Å². The van der Waals surface area contributed by atoms with Crippen LogP contribution < -0.4 is 0 Å². The fourth-order valence-corrected chi connectivity index (χ4v) is 6.59. The van der Waals surface area contributed by atoms with Gasteiger partial charge in [-0.2, -0.15) is 0 Å². The summed E-state index contributed by atoms with van der Waals surface area (Å²) < 4.78 is 0.529. The van der Waals surface area contributed by atoms with E-state index in [1.165, 1.54) is 74.2 Å². The summed E-state index contributed by atoms with van der Waals surface area (Å²) in [5.41, 5.74) is 3.01. The van der Waals surface area contributed by atoms with Crippen molar-refractivity contribution in [3.63, 3.8) is 0 Å². The number of nitrogens with zero attached hydrogens (tertiary/aromatic N) is 1. The second-order valence-corrected chi connectivity index (χ2v) is 9.65. The number of rotatable bonds is 0. The van der Waals surface area contributed by atoms with Crippen molar-refractivity contribution in [1.82, 2.24) is 4.90 Å². The van der Waals surface area contributed by atoms with Gasteiger partial charge >= 0.3 is 0 Å². The molecule has 4 rings (SSSR count). The monoisotopic (exact) mass is 321 g/mol. The lowest BCUT2D eigenvalue weighted by Gasteiger charge is -2.30. The molecule has 0 saturated carbocycles. The molecule has 1 nitrogen and oxygen atoms in total. The summed E-state index contributed by atoms with van der Waals surface area (Å²) in [4.78, 5) is 2.53. The van der Waals surface area contributed by atoms with Crippen molar-refractivity contribution in [2.45, 2.75) is 42.6 Å². The van der Waals surface area contributed by atoms with Crippen molar-refractivity contribution in [3.8, 4) is 0 Å². The number of aryl methyl sites for hydroxylation is 1. The van der Waals surface area contributed by atoms with Gasteiger partial charge in [0.1, 0.15) is 0 Å². The number of hydrogen-bond donors (Lipinski definition) is 0. The van der Waals surface area contributed by atoms with Crippen molar-refractivity contribution in [2.75, 3.05) is 31.6 Å². The fraction of sp³-hybridized carbons (Fsp3) is 0.667. The molecular weight excluding hydrogens is 294 g/mol. The zero-order valence-corrected chi connectivity index (χ0v) is 14.8. The van der Waals surface area contributed by atoms with Gasteiger partial charge in [0.15, 0.2) is 0 Å². The summed E-state index contributed by atoms with van der Waals surface area (Å²) in [5, 5.41) is 0. The van der Waals surface area contributed by atoms with Crippen LogP contribution in [0.4, 0.5) is 0 Å². The Morgan fingerprint density at radius 2 is 1.52 bits per heavy atom. The molecule has 1 aromatic carbocycles. The van der Waals surface area contributed by atoms with Crippen LogP contribution in [0.3, 0.4) is 0 Å². The van der Waals surface area contributed by atoms with Crippen molar-refractivity contribution < 1.29 is 0 Å². The van der Waals surface area contributed by atoms with Gasteiger partial charge in [0, 0.05) is 18.1 Å². The summed E-state index contributed by atoms with van der Waals surface area (Å²) >= 11 is 4.48.